The summed E-state index contributed by atoms with van der Waals surface area (Å²) in [5, 5.41) is 11.4. The molecule has 5 heteroatoms. The van der Waals surface area contributed by atoms with Gasteiger partial charge < -0.3 is 5.32 Å². The van der Waals surface area contributed by atoms with E-state index in [-0.39, 0.29) is 11.7 Å². The second kappa shape index (κ2) is 5.46. The Labute approximate surface area is 103 Å². The Kier molecular flexibility index (Phi) is 4.23. The van der Waals surface area contributed by atoms with Crippen molar-refractivity contribution in [3.05, 3.63) is 29.3 Å². The monoisotopic (exact) mass is 252 g/mol. The molecule has 1 aromatic rings. The smallest absolute Gasteiger partial charge is 0.372 e. The summed E-state index contributed by atoms with van der Waals surface area (Å²) in [7, 11) is 0. The van der Waals surface area contributed by atoms with E-state index in [4.69, 9.17) is 11.7 Å². The summed E-state index contributed by atoms with van der Waals surface area (Å²) in [5.74, 6) is 2.43. The lowest BCUT2D eigenvalue weighted by Gasteiger charge is -2.15. The first-order chi connectivity index (χ1) is 8.42. The number of terminal acetylenes is 1. The van der Waals surface area contributed by atoms with Crippen molar-refractivity contribution < 1.29 is 13.2 Å². The maximum absolute atomic E-state index is 12.7. The zero-order chi connectivity index (χ0) is 13.8. The second-order valence-corrected chi connectivity index (χ2v) is 3.64. The van der Waals surface area contributed by atoms with Crippen molar-refractivity contribution >= 4 is 5.69 Å². The summed E-state index contributed by atoms with van der Waals surface area (Å²) in [6, 6.07) is 4.63. The molecule has 1 aromatic carbocycles. The fourth-order valence-electron chi connectivity index (χ4n) is 1.43. The van der Waals surface area contributed by atoms with Gasteiger partial charge in [0.1, 0.15) is 0 Å². The second-order valence-electron chi connectivity index (χ2n) is 3.64. The molecule has 1 unspecified atom stereocenters. The molecule has 0 saturated heterocycles. The number of benzene rings is 1. The van der Waals surface area contributed by atoms with Crippen LogP contribution in [-0.4, -0.2) is 6.04 Å². The lowest BCUT2D eigenvalue weighted by atomic mass is 10.1. The highest BCUT2D eigenvalue weighted by atomic mass is 19.4. The van der Waals surface area contributed by atoms with Gasteiger partial charge in [0.25, 0.3) is 0 Å². The van der Waals surface area contributed by atoms with Crippen LogP contribution >= 0.6 is 0 Å². The van der Waals surface area contributed by atoms with Gasteiger partial charge in [0.05, 0.1) is 23.2 Å². The highest BCUT2D eigenvalue weighted by Gasteiger charge is 2.33. The van der Waals surface area contributed by atoms with Crippen LogP contribution < -0.4 is 5.32 Å². The number of nitriles is 1. The van der Waals surface area contributed by atoms with Crippen molar-refractivity contribution in [2.75, 3.05) is 5.32 Å². The Hall–Kier alpha value is -2.14. The highest BCUT2D eigenvalue weighted by Crippen LogP contribution is 2.33. The lowest BCUT2D eigenvalue weighted by Crippen LogP contribution is -2.17. The average Bonchev–Trinajstić information content (AvgIpc) is 2.34. The highest BCUT2D eigenvalue weighted by molar-refractivity contribution is 5.54. The van der Waals surface area contributed by atoms with Gasteiger partial charge in [-0.2, -0.15) is 18.4 Å². The minimum Gasteiger partial charge on any atom is -0.372 e. The molecule has 0 spiro atoms. The molecule has 0 bridgehead atoms. The van der Waals surface area contributed by atoms with Gasteiger partial charge in [-0.05, 0) is 24.6 Å². The minimum atomic E-state index is -4.55. The van der Waals surface area contributed by atoms with Gasteiger partial charge in [-0.25, -0.2) is 0 Å². The molecule has 1 atom stereocenters. The average molecular weight is 252 g/mol. The Morgan fingerprint density at radius 3 is 2.56 bits per heavy atom. The predicted octanol–water partition coefficient (Wildman–Crippen LogP) is 3.40. The van der Waals surface area contributed by atoms with Crippen molar-refractivity contribution in [1.29, 1.82) is 5.26 Å². The number of anilines is 1. The molecule has 0 heterocycles. The van der Waals surface area contributed by atoms with E-state index in [0.717, 1.165) is 12.1 Å². The standard InChI is InChI=1S/C13H11F3N2/c1-3-10(4-2)18-11-6-5-9(8-17)12(7-11)13(14,15)16/h1,5-7,10,18H,4H2,2H3. The topological polar surface area (TPSA) is 35.8 Å². The summed E-state index contributed by atoms with van der Waals surface area (Å²) in [4.78, 5) is 0. The maximum atomic E-state index is 12.7. The van der Waals surface area contributed by atoms with E-state index in [2.05, 4.69) is 11.2 Å². The number of rotatable bonds is 3. The van der Waals surface area contributed by atoms with Crippen LogP contribution in [-0.2, 0) is 6.18 Å². The van der Waals surface area contributed by atoms with Crippen LogP contribution in [0, 0.1) is 23.7 Å². The van der Waals surface area contributed by atoms with Gasteiger partial charge in [0.15, 0.2) is 0 Å². The lowest BCUT2D eigenvalue weighted by molar-refractivity contribution is -0.137. The molecule has 1 rings (SSSR count). The SMILES string of the molecule is C#CC(CC)Nc1ccc(C#N)c(C(F)(F)F)c1. The molecule has 0 fully saturated rings. The quantitative estimate of drug-likeness (QED) is 0.837. The Bertz CT molecular complexity index is 506. The fraction of sp³-hybridized carbons (Fsp3) is 0.308. The molecule has 1 N–H and O–H groups in total. The van der Waals surface area contributed by atoms with Gasteiger partial charge in [-0.3, -0.25) is 0 Å². The Morgan fingerprint density at radius 2 is 2.11 bits per heavy atom. The van der Waals surface area contributed by atoms with Gasteiger partial charge in [0.2, 0.25) is 0 Å². The van der Waals surface area contributed by atoms with E-state index in [0.29, 0.717) is 6.42 Å². The van der Waals surface area contributed by atoms with Crippen LogP contribution in [0.4, 0.5) is 18.9 Å². The number of nitrogens with one attached hydrogen (secondary N) is 1. The molecule has 0 aliphatic rings. The molecule has 0 radical (unpaired) electrons. The molecule has 0 amide bonds. The molecule has 18 heavy (non-hydrogen) atoms. The summed E-state index contributed by atoms with van der Waals surface area (Å²) in [6.07, 6.45) is 1.26. The van der Waals surface area contributed by atoms with Crippen LogP contribution in [0.2, 0.25) is 0 Å². The van der Waals surface area contributed by atoms with E-state index in [9.17, 15) is 13.2 Å². The van der Waals surface area contributed by atoms with Gasteiger partial charge >= 0.3 is 6.18 Å². The molecular formula is C13H11F3N2. The first kappa shape index (κ1) is 13.9. The number of hydrogen-bond donors (Lipinski definition) is 1. The number of alkyl halides is 3. The van der Waals surface area contributed by atoms with Gasteiger partial charge in [0, 0.05) is 5.69 Å². The molecular weight excluding hydrogens is 241 g/mol. The molecule has 2 nitrogen and oxygen atoms in total. The zero-order valence-electron chi connectivity index (χ0n) is 9.67. The van der Waals surface area contributed by atoms with Crippen LogP contribution in [0.25, 0.3) is 0 Å². The predicted molar refractivity (Wildman–Crippen MR) is 62.7 cm³/mol. The van der Waals surface area contributed by atoms with E-state index in [1.807, 2.05) is 6.92 Å². The molecule has 0 aliphatic heterocycles. The molecule has 0 aromatic heterocycles. The largest absolute Gasteiger partial charge is 0.417 e. The van der Waals surface area contributed by atoms with Crippen LogP contribution in [0.15, 0.2) is 18.2 Å². The third kappa shape index (κ3) is 3.18. The van der Waals surface area contributed by atoms with Crippen LogP contribution in [0.5, 0.6) is 0 Å². The van der Waals surface area contributed by atoms with Crippen molar-refractivity contribution in [2.24, 2.45) is 0 Å². The third-order valence-corrected chi connectivity index (χ3v) is 2.40. The van der Waals surface area contributed by atoms with E-state index in [1.165, 1.54) is 12.1 Å². The Balaban J connectivity index is 3.13. The molecule has 0 aliphatic carbocycles. The van der Waals surface area contributed by atoms with Crippen molar-refractivity contribution in [1.82, 2.24) is 0 Å². The summed E-state index contributed by atoms with van der Waals surface area (Å²) in [5.41, 5.74) is -1.10. The summed E-state index contributed by atoms with van der Waals surface area (Å²) >= 11 is 0. The third-order valence-electron chi connectivity index (χ3n) is 2.40. The normalized spacial score (nSPS) is 12.3. The molecule has 0 saturated carbocycles. The fourth-order valence-corrected chi connectivity index (χ4v) is 1.43. The first-order valence-electron chi connectivity index (χ1n) is 5.26. The van der Waals surface area contributed by atoms with Crippen molar-refractivity contribution in [2.45, 2.75) is 25.6 Å². The maximum Gasteiger partial charge on any atom is 0.417 e. The first-order valence-corrected chi connectivity index (χ1v) is 5.26. The van der Waals surface area contributed by atoms with E-state index in [1.54, 1.807) is 0 Å². The van der Waals surface area contributed by atoms with Crippen LogP contribution in [0.1, 0.15) is 24.5 Å². The summed E-state index contributed by atoms with van der Waals surface area (Å²) in [6.45, 7) is 1.83. The van der Waals surface area contributed by atoms with Crippen molar-refractivity contribution in [3.8, 4) is 18.4 Å². The van der Waals surface area contributed by atoms with Gasteiger partial charge in [-0.15, -0.1) is 6.42 Å². The van der Waals surface area contributed by atoms with E-state index >= 15 is 0 Å². The van der Waals surface area contributed by atoms with Gasteiger partial charge in [-0.1, -0.05) is 12.8 Å². The Morgan fingerprint density at radius 1 is 1.44 bits per heavy atom. The number of halogens is 3. The van der Waals surface area contributed by atoms with Crippen molar-refractivity contribution in [3.63, 3.8) is 0 Å². The summed E-state index contributed by atoms with van der Waals surface area (Å²) < 4.78 is 38.1. The molecule has 94 valence electrons. The minimum absolute atomic E-state index is 0.256. The van der Waals surface area contributed by atoms with Crippen LogP contribution in [0.3, 0.4) is 0 Å². The zero-order valence-corrected chi connectivity index (χ0v) is 9.67. The van der Waals surface area contributed by atoms with E-state index < -0.39 is 17.3 Å². The number of hydrogen-bond acceptors (Lipinski definition) is 2. The number of nitrogens with zero attached hydrogens (tertiary/aromatic N) is 1.